The lowest BCUT2D eigenvalue weighted by Gasteiger charge is -2.44. The summed E-state index contributed by atoms with van der Waals surface area (Å²) in [7, 11) is -2.12. The molecule has 1 aromatic carbocycles. The van der Waals surface area contributed by atoms with Gasteiger partial charge in [-0.15, -0.1) is 0 Å². The molecule has 0 bridgehead atoms. The molecular weight excluding hydrogens is 618 g/mol. The Bertz CT molecular complexity index is 1170. The fraction of sp³-hybridized carbons (Fsp3) is 0.633. The van der Waals surface area contributed by atoms with Crippen LogP contribution in [0.3, 0.4) is 0 Å². The molecule has 0 unspecified atom stereocenters. The molecule has 0 saturated heterocycles. The van der Waals surface area contributed by atoms with Gasteiger partial charge in [0.2, 0.25) is 0 Å². The van der Waals surface area contributed by atoms with Crippen LogP contribution in [-0.4, -0.2) is 18.4 Å². The minimum absolute atomic E-state index is 0.0244. The van der Waals surface area contributed by atoms with E-state index in [0.717, 1.165) is 76.7 Å². The number of hydrogen-bond donors (Lipinski definition) is 1. The molecule has 1 N–H and O–H groups in total. The average Bonchev–Trinajstić information content (AvgIpc) is 3.30. The normalized spacial score (nSPS) is 21.4. The fourth-order valence-electron chi connectivity index (χ4n) is 5.67. The van der Waals surface area contributed by atoms with Crippen LogP contribution in [0.4, 0.5) is 13.2 Å². The highest BCUT2D eigenvalue weighted by Gasteiger charge is 2.45. The quantitative estimate of drug-likeness (QED) is 0.257. The lowest BCUT2D eigenvalue weighted by Crippen LogP contribution is -2.44. The summed E-state index contributed by atoms with van der Waals surface area (Å²) >= 11 is 2.35. The summed E-state index contributed by atoms with van der Waals surface area (Å²) in [6.07, 6.45) is 0.378. The first-order valence-corrected chi connectivity index (χ1v) is 17.6. The molecule has 2 aromatic rings. The van der Waals surface area contributed by atoms with Gasteiger partial charge in [-0.3, -0.25) is 4.98 Å². The second-order valence-electron chi connectivity index (χ2n) is 13.5. The number of fused-ring (bicyclic) bond motifs is 1. The van der Waals surface area contributed by atoms with Crippen LogP contribution in [0.25, 0.3) is 0 Å². The Morgan fingerprint density at radius 1 is 1.08 bits per heavy atom. The van der Waals surface area contributed by atoms with Gasteiger partial charge in [-0.25, -0.2) is 0 Å². The minimum atomic E-state index is -4.42. The maximum atomic E-state index is 13.2. The Balaban J connectivity index is 1.87. The number of aliphatic hydroxyl groups is 1. The van der Waals surface area contributed by atoms with E-state index in [9.17, 15) is 18.3 Å². The fourth-order valence-corrected chi connectivity index (χ4v) is 8.16. The van der Waals surface area contributed by atoms with Crippen molar-refractivity contribution >= 4 is 30.9 Å². The van der Waals surface area contributed by atoms with E-state index in [1.807, 2.05) is 0 Å². The number of rotatable bonds is 5. The lowest BCUT2D eigenvalue weighted by molar-refractivity contribution is -0.137. The van der Waals surface area contributed by atoms with Crippen LogP contribution in [0.2, 0.25) is 18.1 Å². The number of alkyl halides is 3. The van der Waals surface area contributed by atoms with Gasteiger partial charge in [0.1, 0.15) is 6.10 Å². The molecule has 210 valence electrons. The highest BCUT2D eigenvalue weighted by molar-refractivity contribution is 14.1. The van der Waals surface area contributed by atoms with Gasteiger partial charge >= 0.3 is 6.18 Å². The van der Waals surface area contributed by atoms with E-state index in [-0.39, 0.29) is 22.5 Å². The topological polar surface area (TPSA) is 42.4 Å². The Hall–Kier alpha value is -0.973. The van der Waals surface area contributed by atoms with E-state index in [2.05, 4.69) is 70.3 Å². The summed E-state index contributed by atoms with van der Waals surface area (Å²) in [5.74, 6) is 0.248. The van der Waals surface area contributed by atoms with Gasteiger partial charge in [-0.2, -0.15) is 13.2 Å². The van der Waals surface area contributed by atoms with E-state index in [4.69, 9.17) is 9.41 Å². The Morgan fingerprint density at radius 2 is 1.66 bits per heavy atom. The third-order valence-corrected chi connectivity index (χ3v) is 14.5. The van der Waals surface area contributed by atoms with Crippen LogP contribution in [0.1, 0.15) is 118 Å². The van der Waals surface area contributed by atoms with Crippen LogP contribution >= 0.6 is 22.6 Å². The Kier molecular flexibility index (Phi) is 8.25. The minimum Gasteiger partial charge on any atom is -0.410 e. The molecule has 3 nitrogen and oxygen atoms in total. The maximum Gasteiger partial charge on any atom is 0.416 e. The standard InChI is InChI=1S/C30H41F3INO2Si/c1-28(2,3)38(6,7)37-22-17-29(4,5)16-21-23(22)25(34)24(26(35-21)18-10-8-9-11-18)27(36)19-12-14-20(15-13-19)30(31,32)33/h12-15,18,22,27,36H,8-11,16-17H2,1-7H3/t22-,27+/m0/s1. The van der Waals surface area contributed by atoms with E-state index < -0.39 is 26.2 Å². The third kappa shape index (κ3) is 6.03. The van der Waals surface area contributed by atoms with Crippen molar-refractivity contribution in [3.05, 3.63) is 61.5 Å². The van der Waals surface area contributed by atoms with Crippen LogP contribution in [0.15, 0.2) is 24.3 Å². The lowest BCUT2D eigenvalue weighted by atomic mass is 9.74. The molecule has 1 saturated carbocycles. The smallest absolute Gasteiger partial charge is 0.410 e. The first kappa shape index (κ1) is 30.0. The first-order chi connectivity index (χ1) is 17.4. The Morgan fingerprint density at radius 3 is 2.18 bits per heavy atom. The maximum absolute atomic E-state index is 13.2. The van der Waals surface area contributed by atoms with Crippen LogP contribution < -0.4 is 0 Å². The SMILES string of the molecule is CC1(C)Cc2nc(C3CCCC3)c([C@H](O)c3ccc(C(F)(F)F)cc3)c(I)c2[C@@H](O[Si](C)(C)C(C)(C)C)C1. The van der Waals surface area contributed by atoms with E-state index in [1.54, 1.807) is 0 Å². The van der Waals surface area contributed by atoms with Gasteiger partial charge in [-0.05, 0) is 89.5 Å². The number of hydrogen-bond acceptors (Lipinski definition) is 3. The molecular formula is C30H41F3INO2Si. The number of aliphatic hydroxyl groups excluding tert-OH is 1. The number of halogens is 4. The average molecular weight is 660 g/mol. The molecule has 2 atom stereocenters. The predicted molar refractivity (Wildman–Crippen MR) is 157 cm³/mol. The van der Waals surface area contributed by atoms with Crippen LogP contribution in [0.5, 0.6) is 0 Å². The van der Waals surface area contributed by atoms with E-state index in [1.165, 1.54) is 12.1 Å². The van der Waals surface area contributed by atoms with Crippen molar-refractivity contribution in [3.8, 4) is 0 Å². The predicted octanol–water partition coefficient (Wildman–Crippen LogP) is 9.48. The van der Waals surface area contributed by atoms with Gasteiger partial charge in [-0.1, -0.05) is 59.6 Å². The molecule has 4 rings (SSSR count). The second-order valence-corrected chi connectivity index (χ2v) is 19.3. The van der Waals surface area contributed by atoms with Crippen molar-refractivity contribution in [3.63, 3.8) is 0 Å². The highest BCUT2D eigenvalue weighted by Crippen LogP contribution is 2.51. The molecule has 2 aliphatic rings. The zero-order chi connectivity index (χ0) is 28.3. The van der Waals surface area contributed by atoms with Gasteiger partial charge < -0.3 is 9.53 Å². The summed E-state index contributed by atoms with van der Waals surface area (Å²) in [4.78, 5) is 5.29. The molecule has 0 aliphatic heterocycles. The molecule has 0 spiro atoms. The first-order valence-electron chi connectivity index (χ1n) is 13.7. The third-order valence-electron chi connectivity index (χ3n) is 8.83. The van der Waals surface area contributed by atoms with Crippen molar-refractivity contribution < 1.29 is 22.7 Å². The largest absolute Gasteiger partial charge is 0.416 e. The monoisotopic (exact) mass is 659 g/mol. The molecule has 0 amide bonds. The summed E-state index contributed by atoms with van der Waals surface area (Å²) in [5, 5.41) is 11.7. The van der Waals surface area contributed by atoms with Gasteiger partial charge in [0, 0.05) is 26.3 Å². The second kappa shape index (κ2) is 10.5. The van der Waals surface area contributed by atoms with E-state index in [0.29, 0.717) is 5.56 Å². The molecule has 1 heterocycles. The molecule has 2 aliphatic carbocycles. The van der Waals surface area contributed by atoms with Crippen molar-refractivity contribution in [2.24, 2.45) is 5.41 Å². The zero-order valence-electron chi connectivity index (χ0n) is 23.6. The zero-order valence-corrected chi connectivity index (χ0v) is 26.8. The Labute approximate surface area is 240 Å². The van der Waals surface area contributed by atoms with Gasteiger partial charge in [0.15, 0.2) is 8.32 Å². The molecule has 1 aromatic heterocycles. The van der Waals surface area contributed by atoms with Crippen molar-refractivity contribution in [2.45, 2.75) is 116 Å². The number of benzene rings is 1. The summed E-state index contributed by atoms with van der Waals surface area (Å²) in [6, 6.07) is 4.90. The molecule has 8 heteroatoms. The number of pyridine rings is 1. The summed E-state index contributed by atoms with van der Waals surface area (Å²) < 4.78 is 47.6. The summed E-state index contributed by atoms with van der Waals surface area (Å²) in [5.41, 5.74) is 3.55. The number of nitrogens with zero attached hydrogens (tertiary/aromatic N) is 1. The van der Waals surface area contributed by atoms with Crippen molar-refractivity contribution in [1.82, 2.24) is 4.98 Å². The van der Waals surface area contributed by atoms with Crippen LogP contribution in [-0.2, 0) is 17.0 Å². The molecule has 38 heavy (non-hydrogen) atoms. The van der Waals surface area contributed by atoms with Crippen molar-refractivity contribution in [1.29, 1.82) is 0 Å². The van der Waals surface area contributed by atoms with Crippen molar-refractivity contribution in [2.75, 3.05) is 0 Å². The molecule has 0 radical (unpaired) electrons. The summed E-state index contributed by atoms with van der Waals surface area (Å²) in [6.45, 7) is 15.8. The van der Waals surface area contributed by atoms with E-state index >= 15 is 0 Å². The number of aromatic nitrogens is 1. The van der Waals surface area contributed by atoms with Gasteiger partial charge in [0.05, 0.1) is 17.4 Å². The highest BCUT2D eigenvalue weighted by atomic mass is 127. The molecule has 1 fully saturated rings. The van der Waals surface area contributed by atoms with Crippen LogP contribution in [0, 0.1) is 8.99 Å². The van der Waals surface area contributed by atoms with Gasteiger partial charge in [0.25, 0.3) is 0 Å².